The number of esters is 2. The highest BCUT2D eigenvalue weighted by molar-refractivity contribution is 6.16. The molecule has 6 nitrogen and oxygen atoms in total. The molecule has 1 amide bonds. The molecular formula is C24H27NO5. The van der Waals surface area contributed by atoms with Gasteiger partial charge in [-0.25, -0.2) is 9.59 Å². The van der Waals surface area contributed by atoms with Gasteiger partial charge in [0.1, 0.15) is 0 Å². The van der Waals surface area contributed by atoms with Crippen molar-refractivity contribution in [1.82, 2.24) is 4.90 Å². The van der Waals surface area contributed by atoms with Crippen LogP contribution < -0.4 is 0 Å². The van der Waals surface area contributed by atoms with E-state index in [-0.39, 0.29) is 11.5 Å². The predicted octanol–water partition coefficient (Wildman–Crippen LogP) is 4.04. The fourth-order valence-corrected chi connectivity index (χ4v) is 3.88. The maximum atomic E-state index is 13.2. The lowest BCUT2D eigenvalue weighted by atomic mass is 9.97. The normalized spacial score (nSPS) is 18.0. The third-order valence-electron chi connectivity index (χ3n) is 5.59. The lowest BCUT2D eigenvalue weighted by Gasteiger charge is -2.20. The summed E-state index contributed by atoms with van der Waals surface area (Å²) < 4.78 is 9.65. The van der Waals surface area contributed by atoms with Crippen LogP contribution in [0.2, 0.25) is 0 Å². The molecule has 1 aliphatic carbocycles. The van der Waals surface area contributed by atoms with Gasteiger partial charge in [0, 0.05) is 12.2 Å². The molecule has 0 N–H and O–H groups in total. The minimum atomic E-state index is -0.530. The summed E-state index contributed by atoms with van der Waals surface area (Å²) in [6.07, 6.45) is 9.32. The first-order chi connectivity index (χ1) is 14.5. The van der Waals surface area contributed by atoms with Crippen molar-refractivity contribution in [3.05, 3.63) is 63.9 Å². The SMILES string of the molecule is COC(=O)C1=C(C)N(CCC2=CCCCC2)C(=O)C1=Cc1ccc(C(=O)OC)cc1. The van der Waals surface area contributed by atoms with Gasteiger partial charge in [0.2, 0.25) is 0 Å². The van der Waals surface area contributed by atoms with E-state index in [1.165, 1.54) is 32.6 Å². The van der Waals surface area contributed by atoms with Gasteiger partial charge in [-0.3, -0.25) is 4.79 Å². The van der Waals surface area contributed by atoms with Crippen molar-refractivity contribution in [1.29, 1.82) is 0 Å². The van der Waals surface area contributed by atoms with Crippen molar-refractivity contribution in [2.24, 2.45) is 0 Å². The fraction of sp³-hybridized carbons (Fsp3) is 0.375. The van der Waals surface area contributed by atoms with Crippen molar-refractivity contribution in [3.8, 4) is 0 Å². The van der Waals surface area contributed by atoms with E-state index in [0.717, 1.165) is 19.3 Å². The Hall–Kier alpha value is -3.15. The molecule has 0 spiro atoms. The minimum absolute atomic E-state index is 0.207. The molecule has 0 bridgehead atoms. The smallest absolute Gasteiger partial charge is 0.340 e. The van der Waals surface area contributed by atoms with Gasteiger partial charge in [-0.1, -0.05) is 23.8 Å². The first-order valence-electron chi connectivity index (χ1n) is 10.2. The van der Waals surface area contributed by atoms with Crippen molar-refractivity contribution >= 4 is 23.9 Å². The number of allylic oxidation sites excluding steroid dienone is 2. The second kappa shape index (κ2) is 9.57. The zero-order valence-electron chi connectivity index (χ0n) is 17.7. The van der Waals surface area contributed by atoms with E-state index in [0.29, 0.717) is 28.9 Å². The molecule has 0 radical (unpaired) electrons. The van der Waals surface area contributed by atoms with E-state index >= 15 is 0 Å². The van der Waals surface area contributed by atoms with Gasteiger partial charge in [-0.2, -0.15) is 0 Å². The Morgan fingerprint density at radius 3 is 2.37 bits per heavy atom. The molecule has 158 valence electrons. The van der Waals surface area contributed by atoms with Gasteiger partial charge >= 0.3 is 11.9 Å². The fourth-order valence-electron chi connectivity index (χ4n) is 3.88. The molecule has 1 aromatic carbocycles. The molecular weight excluding hydrogens is 382 g/mol. The first kappa shape index (κ1) is 21.6. The number of hydrogen-bond acceptors (Lipinski definition) is 5. The molecule has 30 heavy (non-hydrogen) atoms. The van der Waals surface area contributed by atoms with Crippen LogP contribution in [0.5, 0.6) is 0 Å². The summed E-state index contributed by atoms with van der Waals surface area (Å²) in [6, 6.07) is 6.68. The molecule has 2 aliphatic rings. The average Bonchev–Trinajstić information content (AvgIpc) is 3.01. The van der Waals surface area contributed by atoms with E-state index in [2.05, 4.69) is 6.08 Å². The molecule has 0 atom stereocenters. The molecule has 1 aliphatic heterocycles. The molecule has 0 aromatic heterocycles. The molecule has 0 fully saturated rings. The van der Waals surface area contributed by atoms with E-state index in [9.17, 15) is 14.4 Å². The topological polar surface area (TPSA) is 72.9 Å². The van der Waals surface area contributed by atoms with Crippen LogP contribution in [0.3, 0.4) is 0 Å². The highest BCUT2D eigenvalue weighted by atomic mass is 16.5. The second-order valence-corrected chi connectivity index (χ2v) is 7.44. The molecule has 3 rings (SSSR count). The summed E-state index contributed by atoms with van der Waals surface area (Å²) in [4.78, 5) is 38.9. The standard InChI is InChI=1S/C24H27NO5/c1-16-21(24(28)30-3)20(15-18-9-11-19(12-10-18)23(27)29-2)22(26)25(16)14-13-17-7-5-4-6-8-17/h7,9-12,15H,4-6,8,13-14H2,1-3H3. The van der Waals surface area contributed by atoms with Crippen LogP contribution in [0.25, 0.3) is 6.08 Å². The Morgan fingerprint density at radius 2 is 1.77 bits per heavy atom. The van der Waals surface area contributed by atoms with Crippen LogP contribution in [-0.4, -0.2) is 43.5 Å². The molecule has 0 saturated heterocycles. The van der Waals surface area contributed by atoms with E-state index in [1.54, 1.807) is 42.2 Å². The van der Waals surface area contributed by atoms with Crippen LogP contribution in [0.15, 0.2) is 52.8 Å². The van der Waals surface area contributed by atoms with E-state index < -0.39 is 11.9 Å². The van der Waals surface area contributed by atoms with Gasteiger partial charge < -0.3 is 14.4 Å². The minimum Gasteiger partial charge on any atom is -0.465 e. The number of hydrogen-bond donors (Lipinski definition) is 0. The zero-order chi connectivity index (χ0) is 21.7. The molecule has 6 heteroatoms. The number of rotatable bonds is 6. The molecule has 1 aromatic rings. The Balaban J connectivity index is 1.87. The summed E-state index contributed by atoms with van der Waals surface area (Å²) in [6.45, 7) is 2.32. The van der Waals surface area contributed by atoms with Gasteiger partial charge in [0.15, 0.2) is 0 Å². The van der Waals surface area contributed by atoms with Crippen LogP contribution in [0, 0.1) is 0 Å². The Kier molecular flexibility index (Phi) is 6.87. The summed E-state index contributed by atoms with van der Waals surface area (Å²) in [7, 11) is 2.63. The lowest BCUT2D eigenvalue weighted by Crippen LogP contribution is -2.26. The van der Waals surface area contributed by atoms with Crippen molar-refractivity contribution in [3.63, 3.8) is 0 Å². The van der Waals surface area contributed by atoms with Crippen molar-refractivity contribution in [2.45, 2.75) is 39.0 Å². The van der Waals surface area contributed by atoms with E-state index in [4.69, 9.17) is 9.47 Å². The van der Waals surface area contributed by atoms with Gasteiger partial charge in [0.05, 0.1) is 30.9 Å². The highest BCUT2D eigenvalue weighted by Gasteiger charge is 2.36. The van der Waals surface area contributed by atoms with Gasteiger partial charge in [-0.05, 0) is 62.8 Å². The lowest BCUT2D eigenvalue weighted by molar-refractivity contribution is -0.136. The third kappa shape index (κ3) is 4.53. The van der Waals surface area contributed by atoms with Gasteiger partial charge in [-0.15, -0.1) is 0 Å². The predicted molar refractivity (Wildman–Crippen MR) is 113 cm³/mol. The Labute approximate surface area is 176 Å². The third-order valence-corrected chi connectivity index (χ3v) is 5.59. The van der Waals surface area contributed by atoms with Crippen LogP contribution in [-0.2, 0) is 19.1 Å². The van der Waals surface area contributed by atoms with E-state index in [1.807, 2.05) is 0 Å². The van der Waals surface area contributed by atoms with Gasteiger partial charge in [0.25, 0.3) is 5.91 Å². The summed E-state index contributed by atoms with van der Waals surface area (Å²) >= 11 is 0. The monoisotopic (exact) mass is 409 g/mol. The number of amides is 1. The summed E-state index contributed by atoms with van der Waals surface area (Å²) in [5, 5.41) is 0. The maximum absolute atomic E-state index is 13.2. The van der Waals surface area contributed by atoms with Crippen molar-refractivity contribution in [2.75, 3.05) is 20.8 Å². The highest BCUT2D eigenvalue weighted by Crippen LogP contribution is 2.32. The molecule has 1 heterocycles. The largest absolute Gasteiger partial charge is 0.465 e. The number of methoxy groups -OCH3 is 2. The van der Waals surface area contributed by atoms with Crippen LogP contribution in [0.4, 0.5) is 0 Å². The summed E-state index contributed by atoms with van der Waals surface area (Å²) in [5.41, 5.74) is 3.70. The number of carbonyl (C=O) groups excluding carboxylic acids is 3. The first-order valence-corrected chi connectivity index (χ1v) is 10.2. The summed E-state index contributed by atoms with van der Waals surface area (Å²) in [5.74, 6) is -1.17. The number of nitrogens with zero attached hydrogens (tertiary/aromatic N) is 1. The van der Waals surface area contributed by atoms with Crippen LogP contribution in [0.1, 0.15) is 54.9 Å². The zero-order valence-corrected chi connectivity index (χ0v) is 17.7. The number of ether oxygens (including phenoxy) is 2. The average molecular weight is 409 g/mol. The van der Waals surface area contributed by atoms with Crippen molar-refractivity contribution < 1.29 is 23.9 Å². The molecule has 0 unspecified atom stereocenters. The number of carbonyl (C=O) groups is 3. The number of benzene rings is 1. The van der Waals surface area contributed by atoms with Crippen LogP contribution >= 0.6 is 0 Å². The second-order valence-electron chi connectivity index (χ2n) is 7.44. The molecule has 0 saturated carbocycles. The Bertz CT molecular complexity index is 937. The Morgan fingerprint density at radius 1 is 1.07 bits per heavy atom. The quantitative estimate of drug-likeness (QED) is 0.403. The maximum Gasteiger partial charge on any atom is 0.340 e.